The Morgan fingerprint density at radius 3 is 2.69 bits per heavy atom. The molecule has 6 heteroatoms. The van der Waals surface area contributed by atoms with Gasteiger partial charge in [0.05, 0.1) is 13.2 Å². The van der Waals surface area contributed by atoms with Crippen molar-refractivity contribution in [2.45, 2.75) is 51.7 Å². The molecule has 0 bridgehead atoms. The molecule has 1 saturated carbocycles. The van der Waals surface area contributed by atoms with Crippen molar-refractivity contribution < 1.29 is 14.2 Å². The topological polar surface area (TPSA) is 64.1 Å². The van der Waals surface area contributed by atoms with E-state index >= 15 is 0 Å². The molecule has 1 aliphatic carbocycles. The lowest BCUT2D eigenvalue weighted by Crippen LogP contribution is -2.37. The Morgan fingerprint density at radius 1 is 1.19 bits per heavy atom. The number of rotatable bonds is 10. The molecule has 0 heterocycles. The van der Waals surface area contributed by atoms with Gasteiger partial charge in [-0.3, -0.25) is 4.99 Å². The third kappa shape index (κ3) is 6.75. The second-order valence-corrected chi connectivity index (χ2v) is 6.41. The molecule has 0 aromatic heterocycles. The SMILES string of the molecule is CCOCCCNC(=NC)NCc1ccc(OC)c(OC2CCCC2)c1. The number of nitrogens with one attached hydrogen (secondary N) is 2. The number of hydrogen-bond donors (Lipinski definition) is 2. The summed E-state index contributed by atoms with van der Waals surface area (Å²) in [5.74, 6) is 2.41. The summed E-state index contributed by atoms with van der Waals surface area (Å²) < 4.78 is 17.0. The lowest BCUT2D eigenvalue weighted by Gasteiger charge is -2.17. The van der Waals surface area contributed by atoms with Crippen LogP contribution < -0.4 is 20.1 Å². The van der Waals surface area contributed by atoms with Gasteiger partial charge in [-0.1, -0.05) is 6.07 Å². The van der Waals surface area contributed by atoms with Gasteiger partial charge >= 0.3 is 0 Å². The highest BCUT2D eigenvalue weighted by atomic mass is 16.5. The average Bonchev–Trinajstić information content (AvgIpc) is 3.17. The summed E-state index contributed by atoms with van der Waals surface area (Å²) in [7, 11) is 3.46. The maximum Gasteiger partial charge on any atom is 0.191 e. The number of benzene rings is 1. The van der Waals surface area contributed by atoms with Gasteiger partial charge in [0, 0.05) is 33.4 Å². The molecular formula is C20H33N3O3. The fraction of sp³-hybridized carbons (Fsp3) is 0.650. The van der Waals surface area contributed by atoms with E-state index in [2.05, 4.69) is 27.8 Å². The van der Waals surface area contributed by atoms with Crippen molar-refractivity contribution in [1.29, 1.82) is 0 Å². The van der Waals surface area contributed by atoms with E-state index in [-0.39, 0.29) is 0 Å². The van der Waals surface area contributed by atoms with Crippen LogP contribution in [0.5, 0.6) is 11.5 Å². The van der Waals surface area contributed by atoms with Crippen molar-refractivity contribution in [3.63, 3.8) is 0 Å². The molecule has 0 radical (unpaired) electrons. The van der Waals surface area contributed by atoms with Gasteiger partial charge in [-0.15, -0.1) is 0 Å². The van der Waals surface area contributed by atoms with Crippen molar-refractivity contribution in [3.05, 3.63) is 23.8 Å². The summed E-state index contributed by atoms with van der Waals surface area (Å²) in [5, 5.41) is 6.63. The first kappa shape index (κ1) is 20.4. The molecule has 1 aromatic carbocycles. The molecular weight excluding hydrogens is 330 g/mol. The Balaban J connectivity index is 1.85. The van der Waals surface area contributed by atoms with E-state index in [9.17, 15) is 0 Å². The number of hydrogen-bond acceptors (Lipinski definition) is 4. The molecule has 2 rings (SSSR count). The van der Waals surface area contributed by atoms with Gasteiger partial charge in [-0.25, -0.2) is 0 Å². The van der Waals surface area contributed by atoms with Crippen LogP contribution in [0.15, 0.2) is 23.2 Å². The largest absolute Gasteiger partial charge is 0.493 e. The van der Waals surface area contributed by atoms with Crippen molar-refractivity contribution >= 4 is 5.96 Å². The predicted molar refractivity (Wildman–Crippen MR) is 105 cm³/mol. The zero-order chi connectivity index (χ0) is 18.6. The summed E-state index contributed by atoms with van der Waals surface area (Å²) in [6.07, 6.45) is 6.02. The number of nitrogens with zero attached hydrogens (tertiary/aromatic N) is 1. The summed E-state index contributed by atoms with van der Waals surface area (Å²) in [6, 6.07) is 6.09. The van der Waals surface area contributed by atoms with E-state index in [1.54, 1.807) is 14.2 Å². The minimum atomic E-state index is 0.312. The van der Waals surface area contributed by atoms with Crippen molar-refractivity contribution in [1.82, 2.24) is 10.6 Å². The maximum absolute atomic E-state index is 6.16. The smallest absolute Gasteiger partial charge is 0.191 e. The van der Waals surface area contributed by atoms with Crippen LogP contribution in [0.2, 0.25) is 0 Å². The highest BCUT2D eigenvalue weighted by Gasteiger charge is 2.18. The van der Waals surface area contributed by atoms with Crippen LogP contribution in [0.25, 0.3) is 0 Å². The second-order valence-electron chi connectivity index (χ2n) is 6.41. The summed E-state index contributed by atoms with van der Waals surface area (Å²) in [5.41, 5.74) is 1.14. The molecule has 0 unspecified atom stereocenters. The molecule has 0 saturated heterocycles. The highest BCUT2D eigenvalue weighted by Crippen LogP contribution is 2.32. The van der Waals surface area contributed by atoms with Crippen LogP contribution in [0.3, 0.4) is 0 Å². The van der Waals surface area contributed by atoms with Crippen LogP contribution in [-0.2, 0) is 11.3 Å². The van der Waals surface area contributed by atoms with Gasteiger partial charge in [-0.2, -0.15) is 0 Å². The maximum atomic E-state index is 6.16. The molecule has 0 amide bonds. The zero-order valence-corrected chi connectivity index (χ0v) is 16.3. The third-order valence-corrected chi connectivity index (χ3v) is 4.47. The molecule has 0 aliphatic heterocycles. The van der Waals surface area contributed by atoms with Gasteiger partial charge < -0.3 is 24.8 Å². The van der Waals surface area contributed by atoms with E-state index in [0.717, 1.165) is 62.0 Å². The van der Waals surface area contributed by atoms with Gasteiger partial charge in [0.2, 0.25) is 0 Å². The Labute approximate surface area is 157 Å². The van der Waals surface area contributed by atoms with Crippen LogP contribution >= 0.6 is 0 Å². The van der Waals surface area contributed by atoms with E-state index in [0.29, 0.717) is 12.6 Å². The van der Waals surface area contributed by atoms with Gasteiger partial charge in [0.1, 0.15) is 0 Å². The van der Waals surface area contributed by atoms with E-state index in [1.165, 1.54) is 12.8 Å². The first-order valence-electron chi connectivity index (χ1n) is 9.62. The average molecular weight is 364 g/mol. The first-order valence-corrected chi connectivity index (χ1v) is 9.62. The summed E-state index contributed by atoms with van der Waals surface area (Å²) >= 11 is 0. The van der Waals surface area contributed by atoms with E-state index in [1.807, 2.05) is 13.0 Å². The van der Waals surface area contributed by atoms with Crippen molar-refractivity contribution in [2.75, 3.05) is 33.9 Å². The fourth-order valence-corrected chi connectivity index (χ4v) is 3.04. The molecule has 2 N–H and O–H groups in total. The Hall–Kier alpha value is -1.95. The molecule has 6 nitrogen and oxygen atoms in total. The normalized spacial score (nSPS) is 15.1. The van der Waals surface area contributed by atoms with Crippen molar-refractivity contribution in [3.8, 4) is 11.5 Å². The van der Waals surface area contributed by atoms with Gasteiger partial charge in [-0.05, 0) is 56.7 Å². The molecule has 1 aromatic rings. The molecule has 0 atom stereocenters. The first-order chi connectivity index (χ1) is 12.8. The Kier molecular flexibility index (Phi) is 9.10. The number of ether oxygens (including phenoxy) is 3. The standard InChI is InChI=1S/C20H33N3O3/c1-4-25-13-7-12-22-20(21-2)23-15-16-10-11-18(24-3)19(14-16)26-17-8-5-6-9-17/h10-11,14,17H,4-9,12-13,15H2,1-3H3,(H2,21,22,23). The lowest BCUT2D eigenvalue weighted by molar-refractivity contribution is 0.145. The lowest BCUT2D eigenvalue weighted by atomic mass is 10.2. The molecule has 1 fully saturated rings. The number of guanidine groups is 1. The summed E-state index contributed by atoms with van der Waals surface area (Å²) in [4.78, 5) is 4.26. The minimum absolute atomic E-state index is 0.312. The molecule has 0 spiro atoms. The molecule has 146 valence electrons. The molecule has 1 aliphatic rings. The van der Waals surface area contributed by atoms with Crippen LogP contribution in [0.4, 0.5) is 0 Å². The van der Waals surface area contributed by atoms with Crippen LogP contribution in [0, 0.1) is 0 Å². The zero-order valence-electron chi connectivity index (χ0n) is 16.3. The minimum Gasteiger partial charge on any atom is -0.493 e. The van der Waals surface area contributed by atoms with Crippen molar-refractivity contribution in [2.24, 2.45) is 4.99 Å². The monoisotopic (exact) mass is 363 g/mol. The highest BCUT2D eigenvalue weighted by molar-refractivity contribution is 5.79. The Morgan fingerprint density at radius 2 is 2.00 bits per heavy atom. The second kappa shape index (κ2) is 11.6. The number of aliphatic imine (C=N–C) groups is 1. The van der Waals surface area contributed by atoms with Gasteiger partial charge in [0.15, 0.2) is 17.5 Å². The van der Waals surface area contributed by atoms with E-state index in [4.69, 9.17) is 14.2 Å². The predicted octanol–water partition coefficient (Wildman–Crippen LogP) is 3.11. The van der Waals surface area contributed by atoms with Crippen LogP contribution in [-0.4, -0.2) is 46.0 Å². The third-order valence-electron chi connectivity index (χ3n) is 4.47. The van der Waals surface area contributed by atoms with Crippen LogP contribution in [0.1, 0.15) is 44.6 Å². The Bertz CT molecular complexity index is 557. The fourth-order valence-electron chi connectivity index (χ4n) is 3.04. The summed E-state index contributed by atoms with van der Waals surface area (Å²) in [6.45, 7) is 5.04. The van der Waals surface area contributed by atoms with E-state index < -0.39 is 0 Å². The quantitative estimate of drug-likeness (QED) is 0.380. The molecule has 26 heavy (non-hydrogen) atoms. The van der Waals surface area contributed by atoms with Gasteiger partial charge in [0.25, 0.3) is 0 Å². The number of methoxy groups -OCH3 is 1.